The van der Waals surface area contributed by atoms with Gasteiger partial charge in [0, 0.05) is 67.6 Å². The molecule has 0 bridgehead atoms. The van der Waals surface area contributed by atoms with Crippen LogP contribution in [0.1, 0.15) is 36.0 Å². The van der Waals surface area contributed by atoms with Crippen molar-refractivity contribution in [3.8, 4) is 5.75 Å². The van der Waals surface area contributed by atoms with E-state index in [2.05, 4.69) is 20.2 Å². The first-order valence-electron chi connectivity index (χ1n) is 9.60. The Morgan fingerprint density at radius 1 is 1.43 bits per heavy atom. The molecule has 0 aromatic carbocycles. The summed E-state index contributed by atoms with van der Waals surface area (Å²) in [7, 11) is 0. The number of ether oxygens (including phenoxy) is 2. The van der Waals surface area contributed by atoms with Crippen molar-refractivity contribution >= 4 is 22.4 Å². The van der Waals surface area contributed by atoms with Crippen LogP contribution in [0.5, 0.6) is 5.75 Å². The molecule has 28 heavy (non-hydrogen) atoms. The molecule has 2 aromatic rings. The molecule has 2 aliphatic rings. The van der Waals surface area contributed by atoms with Crippen LogP contribution in [-0.4, -0.2) is 52.2 Å². The zero-order valence-electron chi connectivity index (χ0n) is 16.5. The Morgan fingerprint density at radius 2 is 2.21 bits per heavy atom. The third-order valence-corrected chi connectivity index (χ3v) is 6.04. The van der Waals surface area contributed by atoms with Crippen LogP contribution in [0.15, 0.2) is 18.3 Å². The fourth-order valence-corrected chi connectivity index (χ4v) is 4.99. The van der Waals surface area contributed by atoms with Crippen LogP contribution in [-0.2, 0) is 16.1 Å². The molecular weight excluding hydrogens is 376 g/mol. The highest BCUT2D eigenvalue weighted by Gasteiger charge is 2.46. The van der Waals surface area contributed by atoms with E-state index in [4.69, 9.17) is 9.47 Å². The van der Waals surface area contributed by atoms with Gasteiger partial charge in [0.15, 0.2) is 5.13 Å². The summed E-state index contributed by atoms with van der Waals surface area (Å²) in [5, 5.41) is 3.40. The molecule has 150 valence electrons. The number of nitrogens with one attached hydrogen (secondary N) is 1. The van der Waals surface area contributed by atoms with Crippen LogP contribution in [0.25, 0.3) is 0 Å². The average Bonchev–Trinajstić information content (AvgIpc) is 3.29. The summed E-state index contributed by atoms with van der Waals surface area (Å²) in [4.78, 5) is 23.4. The van der Waals surface area contributed by atoms with Gasteiger partial charge in [-0.25, -0.2) is 4.98 Å². The van der Waals surface area contributed by atoms with Crippen LogP contribution >= 0.6 is 11.3 Å². The van der Waals surface area contributed by atoms with Crippen molar-refractivity contribution in [1.29, 1.82) is 0 Å². The minimum absolute atomic E-state index is 0.0796. The summed E-state index contributed by atoms with van der Waals surface area (Å²) < 4.78 is 12.4. The number of anilines is 1. The number of hydrogen-bond acceptors (Lipinski definition) is 7. The zero-order chi connectivity index (χ0) is 19.7. The average molecular weight is 403 g/mol. The lowest BCUT2D eigenvalue weighted by Crippen LogP contribution is -2.33. The Kier molecular flexibility index (Phi) is 5.35. The Bertz CT molecular complexity index is 851. The van der Waals surface area contributed by atoms with E-state index in [9.17, 15) is 4.79 Å². The Hall–Kier alpha value is -2.03. The number of amides is 1. The van der Waals surface area contributed by atoms with Gasteiger partial charge in [0.2, 0.25) is 5.91 Å². The Morgan fingerprint density at radius 3 is 2.96 bits per heavy atom. The highest BCUT2D eigenvalue weighted by molar-refractivity contribution is 7.15. The summed E-state index contributed by atoms with van der Waals surface area (Å²) in [6.07, 6.45) is 3.84. The molecule has 1 spiro atoms. The molecule has 2 fully saturated rings. The minimum atomic E-state index is -0.118. The van der Waals surface area contributed by atoms with Gasteiger partial charge in [-0.2, -0.15) is 0 Å². The van der Waals surface area contributed by atoms with Gasteiger partial charge < -0.3 is 14.8 Å². The monoisotopic (exact) mass is 402 g/mol. The van der Waals surface area contributed by atoms with Crippen molar-refractivity contribution < 1.29 is 14.3 Å². The lowest BCUT2D eigenvalue weighted by Gasteiger charge is -2.23. The fourth-order valence-electron chi connectivity index (χ4n) is 4.09. The van der Waals surface area contributed by atoms with Crippen molar-refractivity contribution in [2.45, 2.75) is 51.9 Å². The van der Waals surface area contributed by atoms with Crippen molar-refractivity contribution in [3.05, 3.63) is 34.6 Å². The third-order valence-electron chi connectivity index (χ3n) is 5.14. The molecule has 1 N–H and O–H groups in total. The molecule has 0 radical (unpaired) electrons. The molecule has 2 aromatic heterocycles. The van der Waals surface area contributed by atoms with Crippen molar-refractivity contribution in [2.75, 3.05) is 25.0 Å². The topological polar surface area (TPSA) is 76.6 Å². The van der Waals surface area contributed by atoms with Crippen molar-refractivity contribution in [2.24, 2.45) is 0 Å². The number of pyridine rings is 1. The second kappa shape index (κ2) is 7.77. The highest BCUT2D eigenvalue weighted by Crippen LogP contribution is 2.37. The van der Waals surface area contributed by atoms with E-state index in [-0.39, 0.29) is 17.6 Å². The van der Waals surface area contributed by atoms with Crippen molar-refractivity contribution in [3.63, 3.8) is 0 Å². The van der Waals surface area contributed by atoms with E-state index >= 15 is 0 Å². The molecule has 2 aliphatic heterocycles. The standard InChI is InChI=1S/C20H26N4O3S/c1-13-6-16(7-14(2)22-13)27-17-8-20(26-11-17)4-5-24(12-20)10-18-9-21-19(28-18)23-15(3)25/h6-7,9,17H,4-5,8,10-12H2,1-3H3,(H,21,23,25)/t17-,20-/m0/s1. The zero-order valence-corrected chi connectivity index (χ0v) is 17.3. The number of carbonyl (C=O) groups is 1. The second-order valence-corrected chi connectivity index (χ2v) is 8.91. The van der Waals surface area contributed by atoms with Gasteiger partial charge in [-0.1, -0.05) is 0 Å². The van der Waals surface area contributed by atoms with E-state index in [1.807, 2.05) is 32.2 Å². The number of aryl methyl sites for hydroxylation is 2. The Balaban J connectivity index is 1.32. The van der Waals surface area contributed by atoms with Crippen LogP contribution in [0.4, 0.5) is 5.13 Å². The molecule has 7 nitrogen and oxygen atoms in total. The molecule has 4 rings (SSSR count). The summed E-state index contributed by atoms with van der Waals surface area (Å²) in [5.74, 6) is 0.784. The SMILES string of the molecule is CC(=O)Nc1ncc(CN2CC[C@]3(C[C@H](Oc4cc(C)nc(C)c4)CO3)C2)s1. The molecule has 0 unspecified atom stereocenters. The summed E-state index contributed by atoms with van der Waals surface area (Å²) in [6, 6.07) is 3.96. The van der Waals surface area contributed by atoms with Gasteiger partial charge in [0.1, 0.15) is 11.9 Å². The van der Waals surface area contributed by atoms with Crippen molar-refractivity contribution in [1.82, 2.24) is 14.9 Å². The number of nitrogens with zero attached hydrogens (tertiary/aromatic N) is 3. The number of aromatic nitrogens is 2. The number of thiazole rings is 1. The lowest BCUT2D eigenvalue weighted by molar-refractivity contribution is -0.114. The quantitative estimate of drug-likeness (QED) is 0.829. The molecule has 2 saturated heterocycles. The Labute approximate surface area is 169 Å². The van der Waals surface area contributed by atoms with E-state index < -0.39 is 0 Å². The van der Waals surface area contributed by atoms with E-state index in [0.717, 1.165) is 54.5 Å². The van der Waals surface area contributed by atoms with Crippen LogP contribution < -0.4 is 10.1 Å². The number of likely N-dealkylation sites (tertiary alicyclic amines) is 1. The van der Waals surface area contributed by atoms with Crippen LogP contribution in [0.2, 0.25) is 0 Å². The smallest absolute Gasteiger partial charge is 0.223 e. The second-order valence-electron chi connectivity index (χ2n) is 7.80. The van der Waals surface area contributed by atoms with E-state index in [0.29, 0.717) is 11.7 Å². The van der Waals surface area contributed by atoms with E-state index in [1.54, 1.807) is 0 Å². The normalized spacial score (nSPS) is 24.8. The predicted octanol–water partition coefficient (Wildman–Crippen LogP) is 2.93. The minimum Gasteiger partial charge on any atom is -0.488 e. The molecular formula is C20H26N4O3S. The summed E-state index contributed by atoms with van der Waals surface area (Å²) in [6.45, 7) is 8.81. The van der Waals surface area contributed by atoms with Crippen LogP contribution in [0, 0.1) is 13.8 Å². The van der Waals surface area contributed by atoms with Gasteiger partial charge >= 0.3 is 0 Å². The first-order valence-corrected chi connectivity index (χ1v) is 10.4. The van der Waals surface area contributed by atoms with Gasteiger partial charge in [-0.05, 0) is 20.3 Å². The number of rotatable bonds is 5. The maximum absolute atomic E-state index is 11.1. The maximum Gasteiger partial charge on any atom is 0.223 e. The first kappa shape index (κ1) is 19.3. The lowest BCUT2D eigenvalue weighted by atomic mass is 9.98. The number of hydrogen-bond donors (Lipinski definition) is 1. The third kappa shape index (κ3) is 4.51. The van der Waals surface area contributed by atoms with E-state index in [1.165, 1.54) is 18.3 Å². The van der Waals surface area contributed by atoms with Gasteiger partial charge in [0.25, 0.3) is 0 Å². The molecule has 8 heteroatoms. The highest BCUT2D eigenvalue weighted by atomic mass is 32.1. The van der Waals surface area contributed by atoms with Gasteiger partial charge in [-0.15, -0.1) is 11.3 Å². The predicted molar refractivity (Wildman–Crippen MR) is 108 cm³/mol. The molecule has 1 amide bonds. The first-order chi connectivity index (χ1) is 13.4. The van der Waals surface area contributed by atoms with Gasteiger partial charge in [0.05, 0.1) is 12.2 Å². The largest absolute Gasteiger partial charge is 0.488 e. The van der Waals surface area contributed by atoms with Crippen LogP contribution in [0.3, 0.4) is 0 Å². The summed E-state index contributed by atoms with van der Waals surface area (Å²) in [5.41, 5.74) is 1.82. The van der Waals surface area contributed by atoms with Gasteiger partial charge in [-0.3, -0.25) is 14.7 Å². The fraction of sp³-hybridized carbons (Fsp3) is 0.550. The molecule has 2 atom stereocenters. The maximum atomic E-state index is 11.1. The molecule has 0 aliphatic carbocycles. The molecule has 0 saturated carbocycles. The number of carbonyl (C=O) groups excluding carboxylic acids is 1. The summed E-state index contributed by atoms with van der Waals surface area (Å²) >= 11 is 1.53. The molecule has 4 heterocycles.